The Morgan fingerprint density at radius 1 is 0.968 bits per heavy atom. The molecule has 4 aromatic rings. The SMILES string of the molecule is Cc1ccc(S(=O)(=O)Oc2ccccc2C=NNc2nc(-c3ccccc3)cs2)cc1. The maximum atomic E-state index is 12.6. The Balaban J connectivity index is 1.48. The lowest BCUT2D eigenvalue weighted by molar-refractivity contribution is 0.485. The minimum absolute atomic E-state index is 0.0965. The first-order chi connectivity index (χ1) is 15.0. The number of nitrogens with zero attached hydrogens (tertiary/aromatic N) is 2. The van der Waals surface area contributed by atoms with Crippen LogP contribution in [0.5, 0.6) is 5.75 Å². The van der Waals surface area contributed by atoms with Gasteiger partial charge < -0.3 is 4.18 Å². The molecule has 1 N–H and O–H groups in total. The highest BCUT2D eigenvalue weighted by molar-refractivity contribution is 7.87. The van der Waals surface area contributed by atoms with E-state index in [1.54, 1.807) is 36.4 Å². The van der Waals surface area contributed by atoms with Gasteiger partial charge in [0.1, 0.15) is 4.90 Å². The Morgan fingerprint density at radius 2 is 1.68 bits per heavy atom. The molecule has 0 atom stereocenters. The third kappa shape index (κ3) is 5.17. The molecule has 0 aliphatic carbocycles. The molecular weight excluding hydrogens is 430 g/mol. The molecule has 0 aliphatic heterocycles. The number of anilines is 1. The number of hydrazone groups is 1. The lowest BCUT2D eigenvalue weighted by Crippen LogP contribution is -2.11. The number of hydrogen-bond donors (Lipinski definition) is 1. The summed E-state index contributed by atoms with van der Waals surface area (Å²) >= 11 is 1.43. The molecule has 1 heterocycles. The van der Waals surface area contributed by atoms with Gasteiger partial charge in [0, 0.05) is 16.5 Å². The van der Waals surface area contributed by atoms with Crippen molar-refractivity contribution >= 4 is 32.8 Å². The molecule has 6 nitrogen and oxygen atoms in total. The number of rotatable bonds is 7. The highest BCUT2D eigenvalue weighted by atomic mass is 32.2. The van der Waals surface area contributed by atoms with E-state index in [-0.39, 0.29) is 10.6 Å². The van der Waals surface area contributed by atoms with Crippen LogP contribution in [0.3, 0.4) is 0 Å². The average molecular weight is 450 g/mol. The Morgan fingerprint density at radius 3 is 2.45 bits per heavy atom. The van der Waals surface area contributed by atoms with Crippen molar-refractivity contribution in [1.82, 2.24) is 4.98 Å². The monoisotopic (exact) mass is 449 g/mol. The van der Waals surface area contributed by atoms with Gasteiger partial charge in [-0.1, -0.05) is 60.2 Å². The van der Waals surface area contributed by atoms with Crippen molar-refractivity contribution in [3.8, 4) is 17.0 Å². The van der Waals surface area contributed by atoms with Crippen molar-refractivity contribution in [2.45, 2.75) is 11.8 Å². The highest BCUT2D eigenvalue weighted by Gasteiger charge is 2.17. The van der Waals surface area contributed by atoms with E-state index in [0.29, 0.717) is 10.7 Å². The minimum atomic E-state index is -3.95. The fourth-order valence-corrected chi connectivity index (χ4v) is 4.38. The quantitative estimate of drug-likeness (QED) is 0.234. The van der Waals surface area contributed by atoms with Crippen LogP contribution in [0.15, 0.2) is 94.2 Å². The molecule has 0 aliphatic rings. The van der Waals surface area contributed by atoms with Gasteiger partial charge in [-0.2, -0.15) is 13.5 Å². The summed E-state index contributed by atoms with van der Waals surface area (Å²) < 4.78 is 30.6. The second-order valence-electron chi connectivity index (χ2n) is 6.66. The van der Waals surface area contributed by atoms with Crippen molar-refractivity contribution in [2.24, 2.45) is 5.10 Å². The Labute approximate surface area is 185 Å². The summed E-state index contributed by atoms with van der Waals surface area (Å²) in [6.07, 6.45) is 1.50. The molecule has 0 spiro atoms. The predicted octanol–water partition coefficient (Wildman–Crippen LogP) is 5.33. The van der Waals surface area contributed by atoms with E-state index in [4.69, 9.17) is 4.18 Å². The van der Waals surface area contributed by atoms with Crippen molar-refractivity contribution in [1.29, 1.82) is 0 Å². The third-order valence-corrected chi connectivity index (χ3v) is 6.36. The standard InChI is InChI=1S/C23H19N3O3S2/c1-17-11-13-20(14-12-17)31(27,28)29-22-10-6-5-9-19(22)15-24-26-23-25-21(16-30-23)18-7-3-2-4-8-18/h2-16H,1H3,(H,25,26). The summed E-state index contributed by atoms with van der Waals surface area (Å²) in [6, 6.07) is 23.2. The van der Waals surface area contributed by atoms with Crippen LogP contribution in [0.25, 0.3) is 11.3 Å². The van der Waals surface area contributed by atoms with Gasteiger partial charge in [-0.05, 0) is 31.2 Å². The van der Waals surface area contributed by atoms with Crippen LogP contribution in [-0.4, -0.2) is 19.6 Å². The van der Waals surface area contributed by atoms with E-state index < -0.39 is 10.1 Å². The summed E-state index contributed by atoms with van der Waals surface area (Å²) in [6.45, 7) is 1.89. The summed E-state index contributed by atoms with van der Waals surface area (Å²) in [4.78, 5) is 4.60. The summed E-state index contributed by atoms with van der Waals surface area (Å²) in [7, 11) is -3.95. The second kappa shape index (κ2) is 9.11. The maximum absolute atomic E-state index is 12.6. The third-order valence-electron chi connectivity index (χ3n) is 4.37. The molecule has 1 aromatic heterocycles. The van der Waals surface area contributed by atoms with Crippen LogP contribution in [-0.2, 0) is 10.1 Å². The van der Waals surface area contributed by atoms with Crippen LogP contribution < -0.4 is 9.61 Å². The van der Waals surface area contributed by atoms with E-state index in [0.717, 1.165) is 16.8 Å². The molecule has 0 unspecified atom stereocenters. The van der Waals surface area contributed by atoms with Crippen LogP contribution in [0, 0.1) is 6.92 Å². The summed E-state index contributed by atoms with van der Waals surface area (Å²) in [5, 5.41) is 6.76. The van der Waals surface area contributed by atoms with Crippen LogP contribution >= 0.6 is 11.3 Å². The fourth-order valence-electron chi connectivity index (χ4n) is 2.76. The lowest BCUT2D eigenvalue weighted by Gasteiger charge is -2.09. The van der Waals surface area contributed by atoms with Crippen molar-refractivity contribution in [3.05, 3.63) is 95.4 Å². The lowest BCUT2D eigenvalue weighted by atomic mass is 10.2. The molecule has 0 amide bonds. The first-order valence-corrected chi connectivity index (χ1v) is 11.7. The second-order valence-corrected chi connectivity index (χ2v) is 9.07. The Bertz CT molecular complexity index is 1300. The number of aryl methyl sites for hydroxylation is 1. The topological polar surface area (TPSA) is 80.7 Å². The van der Waals surface area contributed by atoms with Crippen LogP contribution in [0.2, 0.25) is 0 Å². The fraction of sp³-hybridized carbons (Fsp3) is 0.0435. The smallest absolute Gasteiger partial charge is 0.339 e. The molecule has 31 heavy (non-hydrogen) atoms. The summed E-state index contributed by atoms with van der Waals surface area (Å²) in [5.41, 5.74) is 6.25. The maximum Gasteiger partial charge on any atom is 0.339 e. The van der Waals surface area contributed by atoms with Gasteiger partial charge in [0.15, 0.2) is 5.75 Å². The molecule has 3 aromatic carbocycles. The van der Waals surface area contributed by atoms with E-state index in [1.807, 2.05) is 42.6 Å². The van der Waals surface area contributed by atoms with Gasteiger partial charge in [-0.3, -0.25) is 5.43 Å². The highest BCUT2D eigenvalue weighted by Crippen LogP contribution is 2.25. The molecular formula is C23H19N3O3S2. The predicted molar refractivity (Wildman–Crippen MR) is 124 cm³/mol. The Hall–Kier alpha value is -3.49. The molecule has 0 saturated carbocycles. The van der Waals surface area contributed by atoms with Crippen LogP contribution in [0.1, 0.15) is 11.1 Å². The first-order valence-electron chi connectivity index (χ1n) is 9.41. The minimum Gasteiger partial charge on any atom is -0.378 e. The van der Waals surface area contributed by atoms with Gasteiger partial charge >= 0.3 is 10.1 Å². The Kier molecular flexibility index (Phi) is 6.11. The van der Waals surface area contributed by atoms with Gasteiger partial charge in [-0.25, -0.2) is 4.98 Å². The number of nitrogens with one attached hydrogen (secondary N) is 1. The molecule has 4 rings (SSSR count). The van der Waals surface area contributed by atoms with Gasteiger partial charge in [-0.15, -0.1) is 11.3 Å². The zero-order valence-electron chi connectivity index (χ0n) is 16.6. The number of thiazole rings is 1. The van der Waals surface area contributed by atoms with Crippen LogP contribution in [0.4, 0.5) is 5.13 Å². The molecule has 156 valence electrons. The van der Waals surface area contributed by atoms with E-state index in [1.165, 1.54) is 29.7 Å². The van der Waals surface area contributed by atoms with E-state index in [2.05, 4.69) is 15.5 Å². The van der Waals surface area contributed by atoms with Crippen molar-refractivity contribution in [3.63, 3.8) is 0 Å². The van der Waals surface area contributed by atoms with E-state index in [9.17, 15) is 8.42 Å². The van der Waals surface area contributed by atoms with Crippen molar-refractivity contribution < 1.29 is 12.6 Å². The van der Waals surface area contributed by atoms with Crippen molar-refractivity contribution in [2.75, 3.05) is 5.43 Å². The number of aromatic nitrogens is 1. The molecule has 0 fully saturated rings. The van der Waals surface area contributed by atoms with Gasteiger partial charge in [0.25, 0.3) is 0 Å². The molecule has 0 bridgehead atoms. The van der Waals surface area contributed by atoms with Gasteiger partial charge in [0.05, 0.1) is 11.9 Å². The molecule has 8 heteroatoms. The largest absolute Gasteiger partial charge is 0.378 e. The number of hydrogen-bond acceptors (Lipinski definition) is 7. The zero-order valence-corrected chi connectivity index (χ0v) is 18.2. The normalized spacial score (nSPS) is 11.5. The average Bonchev–Trinajstić information content (AvgIpc) is 3.25. The summed E-state index contributed by atoms with van der Waals surface area (Å²) in [5.74, 6) is 0.192. The number of para-hydroxylation sites is 1. The van der Waals surface area contributed by atoms with E-state index >= 15 is 0 Å². The molecule has 0 radical (unpaired) electrons. The van der Waals surface area contributed by atoms with Gasteiger partial charge in [0.2, 0.25) is 5.13 Å². The first kappa shape index (κ1) is 20.8. The molecule has 0 saturated heterocycles. The number of benzene rings is 3. The zero-order chi connectivity index (χ0) is 21.7.